The first-order valence-corrected chi connectivity index (χ1v) is 10.8. The van der Waals surface area contributed by atoms with Crippen LogP contribution in [0.1, 0.15) is 99.3 Å². The molecule has 0 aliphatic rings. The quantitative estimate of drug-likeness (QED) is 0.336. The van der Waals surface area contributed by atoms with Crippen LogP contribution < -0.4 is 0 Å². The largest absolute Gasteiger partial charge is 0.465 e. The predicted octanol–water partition coefficient (Wildman–Crippen LogP) is 5.92. The normalized spacial score (nSPS) is 15.8. The molecule has 0 saturated carbocycles. The summed E-state index contributed by atoms with van der Waals surface area (Å²) < 4.78 is 11.3. The average Bonchev–Trinajstić information content (AvgIpc) is 2.65. The van der Waals surface area contributed by atoms with Crippen LogP contribution in [0.15, 0.2) is 0 Å². The lowest BCUT2D eigenvalue weighted by molar-refractivity contribution is -0.160. The van der Waals surface area contributed by atoms with Gasteiger partial charge in [-0.15, -0.1) is 0 Å². The first-order chi connectivity index (χ1) is 12.4. The Morgan fingerprint density at radius 2 is 1.27 bits per heavy atom. The van der Waals surface area contributed by atoms with Crippen LogP contribution in [0.2, 0.25) is 0 Å². The number of rotatable bonds is 15. The second kappa shape index (κ2) is 15.0. The van der Waals surface area contributed by atoms with Crippen molar-refractivity contribution in [2.75, 3.05) is 6.61 Å². The molecule has 0 spiro atoms. The molecular weight excluding hydrogens is 328 g/mol. The van der Waals surface area contributed by atoms with Crippen molar-refractivity contribution < 1.29 is 19.1 Å². The Kier molecular flexibility index (Phi) is 14.4. The monoisotopic (exact) mass is 370 g/mol. The molecule has 0 N–H and O–H groups in total. The Labute approximate surface area is 161 Å². The van der Waals surface area contributed by atoms with Crippen molar-refractivity contribution in [3.05, 3.63) is 0 Å². The van der Waals surface area contributed by atoms with Crippen LogP contribution in [-0.2, 0) is 19.1 Å². The summed E-state index contributed by atoms with van der Waals surface area (Å²) in [6, 6.07) is 0. The van der Waals surface area contributed by atoms with Gasteiger partial charge in [-0.1, -0.05) is 67.2 Å². The Balaban J connectivity index is 4.52. The zero-order chi connectivity index (χ0) is 19.9. The standard InChI is InChI=1S/C22H42O4/c1-7-12-14-18(9-3)21(23)25-16-17(6)20(11-5)26-22(24)19(10-4)15-13-8-2/h17-20H,7-16H2,1-6H3. The van der Waals surface area contributed by atoms with E-state index in [0.29, 0.717) is 6.61 Å². The smallest absolute Gasteiger partial charge is 0.309 e. The molecule has 0 rings (SSSR count). The molecule has 0 aromatic carbocycles. The van der Waals surface area contributed by atoms with Crippen LogP contribution in [0.3, 0.4) is 0 Å². The molecular formula is C22H42O4. The molecule has 0 radical (unpaired) electrons. The summed E-state index contributed by atoms with van der Waals surface area (Å²) >= 11 is 0. The highest BCUT2D eigenvalue weighted by molar-refractivity contribution is 5.73. The van der Waals surface area contributed by atoms with E-state index >= 15 is 0 Å². The number of ether oxygens (including phenoxy) is 2. The van der Waals surface area contributed by atoms with Crippen LogP contribution in [0.5, 0.6) is 0 Å². The van der Waals surface area contributed by atoms with Gasteiger partial charge in [0.25, 0.3) is 0 Å². The summed E-state index contributed by atoms with van der Waals surface area (Å²) in [4.78, 5) is 24.7. The number of carbonyl (C=O) groups is 2. The zero-order valence-electron chi connectivity index (χ0n) is 18.0. The topological polar surface area (TPSA) is 52.6 Å². The first-order valence-electron chi connectivity index (χ1n) is 10.8. The summed E-state index contributed by atoms with van der Waals surface area (Å²) in [7, 11) is 0. The van der Waals surface area contributed by atoms with E-state index < -0.39 is 0 Å². The molecule has 0 saturated heterocycles. The highest BCUT2D eigenvalue weighted by Crippen LogP contribution is 2.20. The molecule has 0 bridgehead atoms. The van der Waals surface area contributed by atoms with E-state index in [9.17, 15) is 9.59 Å². The summed E-state index contributed by atoms with van der Waals surface area (Å²) in [6.45, 7) is 12.7. The van der Waals surface area contributed by atoms with E-state index in [2.05, 4.69) is 13.8 Å². The molecule has 0 aliphatic heterocycles. The molecule has 4 heteroatoms. The summed E-state index contributed by atoms with van der Waals surface area (Å²) in [5, 5.41) is 0. The Bertz CT molecular complexity index is 380. The maximum absolute atomic E-state index is 12.4. The van der Waals surface area contributed by atoms with Crippen molar-refractivity contribution in [2.24, 2.45) is 17.8 Å². The van der Waals surface area contributed by atoms with Crippen LogP contribution in [0.25, 0.3) is 0 Å². The SMILES string of the molecule is CCCCC(CC)C(=O)OCC(C)C(CC)OC(=O)C(CC)CCCC. The fourth-order valence-corrected chi connectivity index (χ4v) is 3.16. The number of unbranched alkanes of at least 4 members (excludes halogenated alkanes) is 2. The highest BCUT2D eigenvalue weighted by atomic mass is 16.6. The van der Waals surface area contributed by atoms with Gasteiger partial charge in [0.05, 0.1) is 18.4 Å². The number of hydrogen-bond donors (Lipinski definition) is 0. The molecule has 0 aliphatic carbocycles. The highest BCUT2D eigenvalue weighted by Gasteiger charge is 2.26. The number of hydrogen-bond acceptors (Lipinski definition) is 4. The molecule has 0 heterocycles. The van der Waals surface area contributed by atoms with E-state index in [1.54, 1.807) is 0 Å². The van der Waals surface area contributed by atoms with Crippen molar-refractivity contribution in [2.45, 2.75) is 105 Å². The summed E-state index contributed by atoms with van der Waals surface area (Å²) in [6.07, 6.45) is 8.23. The van der Waals surface area contributed by atoms with Crippen molar-refractivity contribution in [3.63, 3.8) is 0 Å². The van der Waals surface area contributed by atoms with Crippen molar-refractivity contribution in [3.8, 4) is 0 Å². The van der Waals surface area contributed by atoms with E-state index in [1.165, 1.54) is 0 Å². The van der Waals surface area contributed by atoms with Gasteiger partial charge in [-0.05, 0) is 32.1 Å². The van der Waals surface area contributed by atoms with Gasteiger partial charge < -0.3 is 9.47 Å². The minimum absolute atomic E-state index is 0.0108. The lowest BCUT2D eigenvalue weighted by Crippen LogP contribution is -2.32. The van der Waals surface area contributed by atoms with Crippen LogP contribution >= 0.6 is 0 Å². The fourth-order valence-electron chi connectivity index (χ4n) is 3.16. The van der Waals surface area contributed by atoms with Gasteiger partial charge in [0.2, 0.25) is 0 Å². The van der Waals surface area contributed by atoms with E-state index in [0.717, 1.165) is 57.8 Å². The average molecular weight is 371 g/mol. The fraction of sp³-hybridized carbons (Fsp3) is 0.909. The van der Waals surface area contributed by atoms with Crippen molar-refractivity contribution in [1.29, 1.82) is 0 Å². The zero-order valence-corrected chi connectivity index (χ0v) is 18.0. The lowest BCUT2D eigenvalue weighted by Gasteiger charge is -2.25. The molecule has 0 aromatic rings. The lowest BCUT2D eigenvalue weighted by atomic mass is 9.98. The second-order valence-corrected chi connectivity index (χ2v) is 7.49. The molecule has 0 fully saturated rings. The summed E-state index contributed by atoms with van der Waals surface area (Å²) in [5.41, 5.74) is 0. The van der Waals surface area contributed by atoms with Crippen molar-refractivity contribution in [1.82, 2.24) is 0 Å². The second-order valence-electron chi connectivity index (χ2n) is 7.49. The number of carbonyl (C=O) groups excluding carboxylic acids is 2. The van der Waals surface area contributed by atoms with Gasteiger partial charge in [-0.2, -0.15) is 0 Å². The van der Waals surface area contributed by atoms with Gasteiger partial charge in [-0.3, -0.25) is 9.59 Å². The molecule has 0 amide bonds. The third-order valence-corrected chi connectivity index (χ3v) is 5.26. The summed E-state index contributed by atoms with van der Waals surface area (Å²) in [5.74, 6) is -0.218. The maximum Gasteiger partial charge on any atom is 0.309 e. The van der Waals surface area contributed by atoms with Gasteiger partial charge in [0.1, 0.15) is 6.10 Å². The van der Waals surface area contributed by atoms with Crippen LogP contribution in [0.4, 0.5) is 0 Å². The minimum atomic E-state index is -0.193. The van der Waals surface area contributed by atoms with E-state index in [-0.39, 0.29) is 35.8 Å². The third kappa shape index (κ3) is 9.59. The molecule has 4 atom stereocenters. The predicted molar refractivity (Wildman–Crippen MR) is 107 cm³/mol. The minimum Gasteiger partial charge on any atom is -0.465 e. The molecule has 154 valence electrons. The van der Waals surface area contributed by atoms with E-state index in [4.69, 9.17) is 9.47 Å². The van der Waals surface area contributed by atoms with E-state index in [1.807, 2.05) is 27.7 Å². The Morgan fingerprint density at radius 1 is 0.769 bits per heavy atom. The Hall–Kier alpha value is -1.06. The molecule has 4 nitrogen and oxygen atoms in total. The van der Waals surface area contributed by atoms with Crippen LogP contribution in [0, 0.1) is 17.8 Å². The van der Waals surface area contributed by atoms with Crippen molar-refractivity contribution >= 4 is 11.9 Å². The maximum atomic E-state index is 12.4. The van der Waals surface area contributed by atoms with Gasteiger partial charge >= 0.3 is 11.9 Å². The molecule has 4 unspecified atom stereocenters. The third-order valence-electron chi connectivity index (χ3n) is 5.26. The number of esters is 2. The Morgan fingerprint density at radius 3 is 1.69 bits per heavy atom. The van der Waals surface area contributed by atoms with Gasteiger partial charge in [0.15, 0.2) is 0 Å². The molecule has 26 heavy (non-hydrogen) atoms. The first kappa shape index (κ1) is 24.9. The molecule has 0 aromatic heterocycles. The van der Waals surface area contributed by atoms with Crippen LogP contribution in [-0.4, -0.2) is 24.6 Å². The van der Waals surface area contributed by atoms with Gasteiger partial charge in [0, 0.05) is 5.92 Å². The van der Waals surface area contributed by atoms with Gasteiger partial charge in [-0.25, -0.2) is 0 Å².